The van der Waals surface area contributed by atoms with E-state index in [0.29, 0.717) is 68.8 Å². The van der Waals surface area contributed by atoms with Gasteiger partial charge in [0.15, 0.2) is 11.6 Å². The van der Waals surface area contributed by atoms with E-state index in [-0.39, 0.29) is 22.6 Å². The van der Waals surface area contributed by atoms with E-state index in [0.717, 1.165) is 12.8 Å². The summed E-state index contributed by atoms with van der Waals surface area (Å²) in [6.07, 6.45) is 2.97. The maximum absolute atomic E-state index is 14.1. The zero-order valence-electron chi connectivity index (χ0n) is 19.6. The molecule has 5 rings (SSSR count). The summed E-state index contributed by atoms with van der Waals surface area (Å²) in [7, 11) is 0. The van der Waals surface area contributed by atoms with Gasteiger partial charge in [0.05, 0.1) is 18.6 Å². The van der Waals surface area contributed by atoms with E-state index < -0.39 is 5.82 Å². The number of hydrogen-bond donors (Lipinski definition) is 0. The van der Waals surface area contributed by atoms with Gasteiger partial charge in [-0.3, -0.25) is 0 Å². The molecule has 0 radical (unpaired) electrons. The SMILES string of the molecule is CCc1nc(Cl)c2cc(Br)cc(F)c2n1.CCc1nc(OC2CCOCC2)c2cc(Br)cc(F)c2n1. The third-order valence-electron chi connectivity index (χ3n) is 5.53. The number of halogens is 5. The number of aryl methyl sites for hydroxylation is 2. The average molecular weight is 645 g/mol. The quantitative estimate of drug-likeness (QED) is 0.216. The molecule has 0 atom stereocenters. The Morgan fingerprint density at radius 2 is 1.39 bits per heavy atom. The maximum Gasteiger partial charge on any atom is 0.225 e. The van der Waals surface area contributed by atoms with Crippen LogP contribution in [0, 0.1) is 11.6 Å². The zero-order chi connectivity index (χ0) is 25.8. The van der Waals surface area contributed by atoms with Gasteiger partial charge in [0, 0.05) is 40.0 Å². The van der Waals surface area contributed by atoms with Crippen LogP contribution >= 0.6 is 43.5 Å². The molecule has 3 heterocycles. The summed E-state index contributed by atoms with van der Waals surface area (Å²) in [5.41, 5.74) is 0.585. The van der Waals surface area contributed by atoms with Crippen LogP contribution in [0.1, 0.15) is 38.3 Å². The smallest absolute Gasteiger partial charge is 0.225 e. The molecule has 1 aliphatic heterocycles. The van der Waals surface area contributed by atoms with E-state index in [2.05, 4.69) is 51.8 Å². The molecule has 0 aliphatic carbocycles. The van der Waals surface area contributed by atoms with E-state index in [1.807, 2.05) is 13.8 Å². The monoisotopic (exact) mass is 642 g/mol. The van der Waals surface area contributed by atoms with Crippen LogP contribution in [0.25, 0.3) is 21.8 Å². The Bertz CT molecular complexity index is 1400. The zero-order valence-corrected chi connectivity index (χ0v) is 23.6. The molecule has 2 aromatic heterocycles. The van der Waals surface area contributed by atoms with Crippen LogP contribution in [0.15, 0.2) is 33.2 Å². The number of hydrogen-bond acceptors (Lipinski definition) is 6. The predicted molar refractivity (Wildman–Crippen MR) is 143 cm³/mol. The number of ether oxygens (including phenoxy) is 2. The standard InChI is InChI=1S/C15H16BrFN2O2.C10H7BrClFN2/c1-2-13-18-14-11(7-9(16)8-12(14)17)15(19-13)21-10-3-5-20-6-4-10;1-2-8-14-9-6(10(12)15-8)3-5(11)4-7(9)13/h7-8,10H,2-6H2,1H3;3-4H,2H2,1H3. The van der Waals surface area contributed by atoms with Crippen LogP contribution in [0.4, 0.5) is 8.78 Å². The minimum Gasteiger partial charge on any atom is -0.474 e. The molecule has 0 spiro atoms. The first-order valence-corrected chi connectivity index (χ1v) is 13.5. The summed E-state index contributed by atoms with van der Waals surface area (Å²) < 4.78 is 40.3. The molecule has 0 amide bonds. The second-order valence-corrected chi connectivity index (χ2v) is 10.3. The van der Waals surface area contributed by atoms with Crippen molar-refractivity contribution in [1.82, 2.24) is 19.9 Å². The van der Waals surface area contributed by atoms with Gasteiger partial charge in [0.1, 0.15) is 33.9 Å². The molecule has 0 bridgehead atoms. The lowest BCUT2D eigenvalue weighted by Gasteiger charge is -2.23. The van der Waals surface area contributed by atoms with Gasteiger partial charge in [-0.05, 0) is 24.3 Å². The van der Waals surface area contributed by atoms with Crippen molar-refractivity contribution in [3.63, 3.8) is 0 Å². The summed E-state index contributed by atoms with van der Waals surface area (Å²) in [5, 5.41) is 1.42. The van der Waals surface area contributed by atoms with Gasteiger partial charge in [-0.2, -0.15) is 4.98 Å². The molecule has 190 valence electrons. The van der Waals surface area contributed by atoms with Crippen LogP contribution in [0.3, 0.4) is 0 Å². The van der Waals surface area contributed by atoms with E-state index in [1.165, 1.54) is 12.1 Å². The third kappa shape index (κ3) is 6.27. The first kappa shape index (κ1) is 27.0. The number of benzene rings is 2. The molecule has 1 saturated heterocycles. The number of nitrogens with zero attached hydrogens (tertiary/aromatic N) is 4. The van der Waals surface area contributed by atoms with Crippen molar-refractivity contribution in [2.45, 2.75) is 45.6 Å². The van der Waals surface area contributed by atoms with Crippen LogP contribution < -0.4 is 4.74 Å². The van der Waals surface area contributed by atoms with E-state index in [4.69, 9.17) is 21.1 Å². The van der Waals surface area contributed by atoms with Crippen molar-refractivity contribution in [1.29, 1.82) is 0 Å². The molecular weight excluding hydrogens is 622 g/mol. The lowest BCUT2D eigenvalue weighted by Crippen LogP contribution is -2.26. The Hall–Kier alpha value is -2.01. The Balaban J connectivity index is 0.000000179. The molecule has 6 nitrogen and oxygen atoms in total. The molecule has 1 aliphatic rings. The van der Waals surface area contributed by atoms with Crippen molar-refractivity contribution in [3.05, 3.63) is 61.6 Å². The van der Waals surface area contributed by atoms with Crippen LogP contribution in [-0.2, 0) is 17.6 Å². The summed E-state index contributed by atoms with van der Waals surface area (Å²) >= 11 is 12.5. The second kappa shape index (κ2) is 12.0. The first-order chi connectivity index (χ1) is 17.3. The molecule has 4 aromatic rings. The van der Waals surface area contributed by atoms with Crippen molar-refractivity contribution in [2.24, 2.45) is 0 Å². The first-order valence-electron chi connectivity index (χ1n) is 11.5. The minimum absolute atomic E-state index is 0.0589. The third-order valence-corrected chi connectivity index (χ3v) is 6.73. The van der Waals surface area contributed by atoms with Gasteiger partial charge in [-0.1, -0.05) is 57.3 Å². The fourth-order valence-corrected chi connectivity index (χ4v) is 4.80. The fraction of sp³-hybridized carbons (Fsp3) is 0.360. The Morgan fingerprint density at radius 1 is 0.861 bits per heavy atom. The molecular formula is C25H23Br2ClF2N4O2. The van der Waals surface area contributed by atoms with Gasteiger partial charge in [-0.25, -0.2) is 23.7 Å². The maximum atomic E-state index is 14.1. The highest BCUT2D eigenvalue weighted by atomic mass is 79.9. The van der Waals surface area contributed by atoms with Gasteiger partial charge in [0.25, 0.3) is 0 Å². The second-order valence-electron chi connectivity index (χ2n) is 8.08. The lowest BCUT2D eigenvalue weighted by atomic mass is 10.1. The van der Waals surface area contributed by atoms with Crippen molar-refractivity contribution < 1.29 is 18.3 Å². The van der Waals surface area contributed by atoms with Crippen molar-refractivity contribution >= 4 is 65.3 Å². The fourth-order valence-electron chi connectivity index (χ4n) is 3.70. The Morgan fingerprint density at radius 3 is 1.97 bits per heavy atom. The molecule has 1 fully saturated rings. The van der Waals surface area contributed by atoms with Gasteiger partial charge in [0.2, 0.25) is 5.88 Å². The summed E-state index contributed by atoms with van der Waals surface area (Å²) in [5.74, 6) is 0.843. The average Bonchev–Trinajstić information content (AvgIpc) is 2.86. The topological polar surface area (TPSA) is 70.0 Å². The number of rotatable bonds is 4. The molecule has 0 saturated carbocycles. The van der Waals surface area contributed by atoms with E-state index in [1.54, 1.807) is 12.1 Å². The van der Waals surface area contributed by atoms with Gasteiger partial charge in [-0.15, -0.1) is 0 Å². The molecule has 36 heavy (non-hydrogen) atoms. The van der Waals surface area contributed by atoms with E-state index >= 15 is 0 Å². The minimum atomic E-state index is -0.390. The molecule has 11 heteroatoms. The summed E-state index contributed by atoms with van der Waals surface area (Å²) in [6.45, 7) is 5.21. The molecule has 0 unspecified atom stereocenters. The van der Waals surface area contributed by atoms with Gasteiger partial charge >= 0.3 is 0 Å². The predicted octanol–water partition coefficient (Wildman–Crippen LogP) is 7.40. The van der Waals surface area contributed by atoms with Crippen molar-refractivity contribution in [2.75, 3.05) is 13.2 Å². The number of fused-ring (bicyclic) bond motifs is 2. The van der Waals surface area contributed by atoms with Crippen molar-refractivity contribution in [3.8, 4) is 5.88 Å². The summed E-state index contributed by atoms with van der Waals surface area (Å²) in [6, 6.07) is 6.28. The highest BCUT2D eigenvalue weighted by Gasteiger charge is 2.20. The lowest BCUT2D eigenvalue weighted by molar-refractivity contribution is 0.0243. The highest BCUT2D eigenvalue weighted by Crippen LogP contribution is 2.30. The molecule has 0 N–H and O–H groups in total. The largest absolute Gasteiger partial charge is 0.474 e. The Labute approximate surface area is 229 Å². The Kier molecular flexibility index (Phi) is 9.03. The molecule has 2 aromatic carbocycles. The van der Waals surface area contributed by atoms with E-state index in [9.17, 15) is 8.78 Å². The van der Waals surface area contributed by atoms with Gasteiger partial charge < -0.3 is 9.47 Å². The highest BCUT2D eigenvalue weighted by molar-refractivity contribution is 9.10. The van der Waals surface area contributed by atoms with Crippen LogP contribution in [0.5, 0.6) is 5.88 Å². The van der Waals surface area contributed by atoms with Crippen LogP contribution in [0.2, 0.25) is 5.15 Å². The normalized spacial score (nSPS) is 14.1. The summed E-state index contributed by atoms with van der Waals surface area (Å²) in [4.78, 5) is 16.9. The number of aromatic nitrogens is 4. The van der Waals surface area contributed by atoms with Crippen LogP contribution in [-0.4, -0.2) is 39.3 Å².